The lowest BCUT2D eigenvalue weighted by atomic mass is 9.85. The number of aromatic amines is 1. The van der Waals surface area contributed by atoms with E-state index in [4.69, 9.17) is 4.42 Å². The lowest BCUT2D eigenvalue weighted by Gasteiger charge is -2.19. The van der Waals surface area contributed by atoms with E-state index in [1.54, 1.807) is 12.5 Å². The van der Waals surface area contributed by atoms with E-state index in [0.29, 0.717) is 0 Å². The second-order valence-corrected chi connectivity index (χ2v) is 5.41. The van der Waals surface area contributed by atoms with Crippen molar-refractivity contribution in [2.24, 2.45) is 0 Å². The van der Waals surface area contributed by atoms with Crippen molar-refractivity contribution in [2.45, 2.75) is 26.2 Å². The van der Waals surface area contributed by atoms with Gasteiger partial charge in [-0.05, 0) is 5.41 Å². The summed E-state index contributed by atoms with van der Waals surface area (Å²) in [6.45, 7) is 6.50. The molecule has 0 saturated heterocycles. The molecule has 4 heteroatoms. The van der Waals surface area contributed by atoms with Crippen molar-refractivity contribution in [1.82, 2.24) is 15.0 Å². The predicted molar refractivity (Wildman–Crippen MR) is 70.3 cm³/mol. The largest absolute Gasteiger partial charge is 0.443 e. The van der Waals surface area contributed by atoms with E-state index >= 15 is 0 Å². The van der Waals surface area contributed by atoms with Crippen LogP contribution in [-0.2, 0) is 5.41 Å². The number of rotatable bonds is 1. The number of hydrogen-bond donors (Lipinski definition) is 1. The molecule has 1 aromatic carbocycles. The first-order valence-electron chi connectivity index (χ1n) is 5.93. The molecule has 4 nitrogen and oxygen atoms in total. The van der Waals surface area contributed by atoms with Crippen LogP contribution in [0.5, 0.6) is 0 Å². The Kier molecular flexibility index (Phi) is 2.26. The zero-order chi connectivity index (χ0) is 12.8. The van der Waals surface area contributed by atoms with Crippen molar-refractivity contribution in [1.29, 1.82) is 0 Å². The SMILES string of the molecule is CC(C)(C)c1ccc(-c2cnc[nH]2)c2ncoc12. The Morgan fingerprint density at radius 2 is 2.06 bits per heavy atom. The van der Waals surface area contributed by atoms with Gasteiger partial charge in [0.05, 0.1) is 18.2 Å². The maximum atomic E-state index is 5.57. The summed E-state index contributed by atoms with van der Waals surface area (Å²) in [4.78, 5) is 11.5. The average Bonchev–Trinajstić information content (AvgIpc) is 2.97. The van der Waals surface area contributed by atoms with E-state index in [-0.39, 0.29) is 5.41 Å². The van der Waals surface area contributed by atoms with E-state index in [0.717, 1.165) is 22.4 Å². The minimum Gasteiger partial charge on any atom is -0.443 e. The number of fused-ring (bicyclic) bond motifs is 1. The molecule has 18 heavy (non-hydrogen) atoms. The molecule has 0 fully saturated rings. The number of oxazole rings is 1. The van der Waals surface area contributed by atoms with Gasteiger partial charge in [0, 0.05) is 11.1 Å². The lowest BCUT2D eigenvalue weighted by molar-refractivity contribution is 0.554. The first-order chi connectivity index (χ1) is 8.57. The van der Waals surface area contributed by atoms with Gasteiger partial charge in [0.15, 0.2) is 12.0 Å². The molecule has 92 valence electrons. The Morgan fingerprint density at radius 3 is 2.72 bits per heavy atom. The number of imidazole rings is 1. The van der Waals surface area contributed by atoms with E-state index in [1.807, 2.05) is 0 Å². The van der Waals surface area contributed by atoms with Gasteiger partial charge in [-0.1, -0.05) is 32.9 Å². The second kappa shape index (κ2) is 3.70. The fourth-order valence-corrected chi connectivity index (χ4v) is 2.16. The number of nitrogens with zero attached hydrogens (tertiary/aromatic N) is 2. The summed E-state index contributed by atoms with van der Waals surface area (Å²) in [5, 5.41) is 0. The average molecular weight is 241 g/mol. The summed E-state index contributed by atoms with van der Waals surface area (Å²) in [6.07, 6.45) is 4.96. The van der Waals surface area contributed by atoms with Crippen molar-refractivity contribution >= 4 is 11.1 Å². The summed E-state index contributed by atoms with van der Waals surface area (Å²) < 4.78 is 5.57. The van der Waals surface area contributed by atoms with Crippen molar-refractivity contribution < 1.29 is 4.42 Å². The van der Waals surface area contributed by atoms with E-state index < -0.39 is 0 Å². The zero-order valence-electron chi connectivity index (χ0n) is 10.7. The number of H-pyrrole nitrogens is 1. The molecule has 1 N–H and O–H groups in total. The van der Waals surface area contributed by atoms with Gasteiger partial charge in [0.1, 0.15) is 5.52 Å². The topological polar surface area (TPSA) is 54.7 Å². The summed E-state index contributed by atoms with van der Waals surface area (Å²) in [6, 6.07) is 4.17. The van der Waals surface area contributed by atoms with Gasteiger partial charge in [0.2, 0.25) is 0 Å². The van der Waals surface area contributed by atoms with Crippen molar-refractivity contribution in [2.75, 3.05) is 0 Å². The Bertz CT molecular complexity index is 675. The molecule has 3 aromatic rings. The van der Waals surface area contributed by atoms with Gasteiger partial charge in [-0.25, -0.2) is 9.97 Å². The minimum absolute atomic E-state index is 0.0320. The second-order valence-electron chi connectivity index (χ2n) is 5.41. The molecule has 0 bridgehead atoms. The third kappa shape index (κ3) is 1.61. The van der Waals surface area contributed by atoms with Crippen molar-refractivity contribution in [3.8, 4) is 11.3 Å². The highest BCUT2D eigenvalue weighted by atomic mass is 16.3. The first-order valence-corrected chi connectivity index (χ1v) is 5.93. The molecule has 0 atom stereocenters. The predicted octanol–water partition coefficient (Wildman–Crippen LogP) is 3.52. The van der Waals surface area contributed by atoms with Crippen LogP contribution in [0.1, 0.15) is 26.3 Å². The van der Waals surface area contributed by atoms with Crippen molar-refractivity contribution in [3.05, 3.63) is 36.6 Å². The Balaban J connectivity index is 2.30. The van der Waals surface area contributed by atoms with Crippen LogP contribution in [0.25, 0.3) is 22.4 Å². The highest BCUT2D eigenvalue weighted by Gasteiger charge is 2.21. The zero-order valence-corrected chi connectivity index (χ0v) is 10.7. The standard InChI is InChI=1S/C14H15N3O/c1-14(2,3)10-5-4-9(11-6-15-7-16-11)12-13(10)18-8-17-12/h4-8H,1-3H3,(H,15,16). The summed E-state index contributed by atoms with van der Waals surface area (Å²) in [5.41, 5.74) is 4.91. The molecule has 0 radical (unpaired) electrons. The number of aromatic nitrogens is 3. The molecule has 0 saturated carbocycles. The molecule has 3 rings (SSSR count). The van der Waals surface area contributed by atoms with Gasteiger partial charge in [-0.15, -0.1) is 0 Å². The lowest BCUT2D eigenvalue weighted by Crippen LogP contribution is -2.11. The number of benzene rings is 1. The van der Waals surface area contributed by atoms with Crippen LogP contribution in [0.4, 0.5) is 0 Å². The molecule has 0 aliphatic heterocycles. The molecule has 0 unspecified atom stereocenters. The molecule has 0 aliphatic carbocycles. The van der Waals surface area contributed by atoms with E-state index in [1.165, 1.54) is 12.0 Å². The van der Waals surface area contributed by atoms with Gasteiger partial charge < -0.3 is 9.40 Å². The molecule has 0 amide bonds. The smallest absolute Gasteiger partial charge is 0.182 e. The summed E-state index contributed by atoms with van der Waals surface area (Å²) in [7, 11) is 0. The van der Waals surface area contributed by atoms with Crippen LogP contribution >= 0.6 is 0 Å². The highest BCUT2D eigenvalue weighted by molar-refractivity contribution is 5.91. The van der Waals surface area contributed by atoms with Gasteiger partial charge in [-0.3, -0.25) is 0 Å². The van der Waals surface area contributed by atoms with Crippen LogP contribution in [0.3, 0.4) is 0 Å². The first kappa shape index (κ1) is 11.0. The molecular weight excluding hydrogens is 226 g/mol. The Morgan fingerprint density at radius 1 is 1.22 bits per heavy atom. The third-order valence-corrected chi connectivity index (χ3v) is 3.08. The molecule has 0 spiro atoms. The van der Waals surface area contributed by atoms with Crippen LogP contribution in [-0.4, -0.2) is 15.0 Å². The van der Waals surface area contributed by atoms with Gasteiger partial charge in [-0.2, -0.15) is 0 Å². The Labute approximate surface area is 105 Å². The molecule has 2 heterocycles. The van der Waals surface area contributed by atoms with E-state index in [2.05, 4.69) is 47.9 Å². The maximum absolute atomic E-state index is 5.57. The normalized spacial score (nSPS) is 12.2. The molecule has 2 aromatic heterocycles. The monoisotopic (exact) mass is 241 g/mol. The Hall–Kier alpha value is -2.10. The van der Waals surface area contributed by atoms with Crippen molar-refractivity contribution in [3.63, 3.8) is 0 Å². The van der Waals surface area contributed by atoms with Crippen LogP contribution in [0.15, 0.2) is 35.5 Å². The highest BCUT2D eigenvalue weighted by Crippen LogP contribution is 2.34. The fourth-order valence-electron chi connectivity index (χ4n) is 2.16. The summed E-state index contributed by atoms with van der Waals surface area (Å²) in [5.74, 6) is 0. The van der Waals surface area contributed by atoms with E-state index in [9.17, 15) is 0 Å². The number of nitrogens with one attached hydrogen (secondary N) is 1. The van der Waals surface area contributed by atoms with Crippen LogP contribution in [0.2, 0.25) is 0 Å². The van der Waals surface area contributed by atoms with Gasteiger partial charge in [0.25, 0.3) is 0 Å². The van der Waals surface area contributed by atoms with Crippen LogP contribution in [0, 0.1) is 0 Å². The fraction of sp³-hybridized carbons (Fsp3) is 0.286. The van der Waals surface area contributed by atoms with Gasteiger partial charge >= 0.3 is 0 Å². The summed E-state index contributed by atoms with van der Waals surface area (Å²) >= 11 is 0. The maximum Gasteiger partial charge on any atom is 0.182 e. The quantitative estimate of drug-likeness (QED) is 0.709. The third-order valence-electron chi connectivity index (χ3n) is 3.08. The minimum atomic E-state index is 0.0320. The number of hydrogen-bond acceptors (Lipinski definition) is 3. The molecule has 0 aliphatic rings. The molecular formula is C14H15N3O. The van der Waals surface area contributed by atoms with Crippen LogP contribution < -0.4 is 0 Å².